The second-order valence-corrected chi connectivity index (χ2v) is 7.42. The van der Waals surface area contributed by atoms with Crippen molar-refractivity contribution in [1.82, 2.24) is 10.2 Å². The number of hydrogen-bond donors (Lipinski definition) is 1. The summed E-state index contributed by atoms with van der Waals surface area (Å²) < 4.78 is 0. The summed E-state index contributed by atoms with van der Waals surface area (Å²) in [6.45, 7) is 6.17. The zero-order valence-electron chi connectivity index (χ0n) is 15.8. The van der Waals surface area contributed by atoms with Gasteiger partial charge in [0.1, 0.15) is 0 Å². The minimum atomic E-state index is 0.114. The average molecular weight is 351 g/mol. The molecule has 3 nitrogen and oxygen atoms in total. The number of piperidine rings is 1. The van der Waals surface area contributed by atoms with Gasteiger partial charge >= 0.3 is 0 Å². The first kappa shape index (κ1) is 18.7. The minimum Gasteiger partial charge on any atom is -0.352 e. The number of likely N-dealkylation sites (tertiary alicyclic amines) is 1. The highest BCUT2D eigenvalue weighted by molar-refractivity contribution is 5.76. The second-order valence-electron chi connectivity index (χ2n) is 7.42. The van der Waals surface area contributed by atoms with Crippen LogP contribution in [0, 0.1) is 6.92 Å². The summed E-state index contributed by atoms with van der Waals surface area (Å²) in [4.78, 5) is 14.6. The van der Waals surface area contributed by atoms with Gasteiger partial charge in [0.25, 0.3) is 0 Å². The first-order valence-corrected chi connectivity index (χ1v) is 9.81. The Hall–Kier alpha value is -2.13. The molecule has 1 N–H and O–H groups in total. The lowest BCUT2D eigenvalue weighted by Gasteiger charge is -2.26. The van der Waals surface area contributed by atoms with Crippen molar-refractivity contribution in [2.75, 3.05) is 13.1 Å². The van der Waals surface area contributed by atoms with E-state index in [1.807, 2.05) is 0 Å². The molecule has 0 aromatic heterocycles. The van der Waals surface area contributed by atoms with Crippen molar-refractivity contribution in [1.29, 1.82) is 0 Å². The number of benzene rings is 2. The maximum absolute atomic E-state index is 12.1. The Morgan fingerprint density at radius 3 is 2.19 bits per heavy atom. The molecule has 0 atom stereocenters. The van der Waals surface area contributed by atoms with E-state index in [1.165, 1.54) is 49.0 Å². The fraction of sp³-hybridized carbons (Fsp3) is 0.435. The van der Waals surface area contributed by atoms with E-state index in [1.54, 1.807) is 0 Å². The molecule has 2 aromatic rings. The molecule has 0 radical (unpaired) electrons. The van der Waals surface area contributed by atoms with E-state index in [-0.39, 0.29) is 5.91 Å². The van der Waals surface area contributed by atoms with E-state index in [9.17, 15) is 4.79 Å². The van der Waals surface area contributed by atoms with Crippen LogP contribution in [0.3, 0.4) is 0 Å². The van der Waals surface area contributed by atoms with Crippen LogP contribution in [-0.4, -0.2) is 23.9 Å². The highest BCUT2D eigenvalue weighted by Crippen LogP contribution is 2.13. The van der Waals surface area contributed by atoms with Crippen LogP contribution >= 0.6 is 0 Å². The van der Waals surface area contributed by atoms with Crippen molar-refractivity contribution in [3.8, 4) is 0 Å². The monoisotopic (exact) mass is 350 g/mol. The number of hydrogen-bond acceptors (Lipinski definition) is 2. The third-order valence-electron chi connectivity index (χ3n) is 5.13. The van der Waals surface area contributed by atoms with Gasteiger partial charge in [0, 0.05) is 19.5 Å². The summed E-state index contributed by atoms with van der Waals surface area (Å²) in [6.07, 6.45) is 5.36. The van der Waals surface area contributed by atoms with E-state index >= 15 is 0 Å². The molecule has 3 heteroatoms. The van der Waals surface area contributed by atoms with Gasteiger partial charge in [-0.2, -0.15) is 0 Å². The summed E-state index contributed by atoms with van der Waals surface area (Å²) in [5, 5.41) is 3.03. The fourth-order valence-corrected chi connectivity index (χ4v) is 3.44. The molecule has 1 aliphatic heterocycles. The lowest BCUT2D eigenvalue weighted by atomic mass is 10.1. The van der Waals surface area contributed by atoms with Crippen LogP contribution in [0.4, 0.5) is 0 Å². The van der Waals surface area contributed by atoms with Crippen molar-refractivity contribution in [3.63, 3.8) is 0 Å². The van der Waals surface area contributed by atoms with Gasteiger partial charge in [-0.25, -0.2) is 0 Å². The molecule has 0 spiro atoms. The largest absolute Gasteiger partial charge is 0.352 e. The number of carbonyl (C=O) groups excluding carboxylic acids is 1. The summed E-state index contributed by atoms with van der Waals surface area (Å²) in [7, 11) is 0. The van der Waals surface area contributed by atoms with E-state index < -0.39 is 0 Å². The highest BCUT2D eigenvalue weighted by Gasteiger charge is 2.10. The molecule has 1 fully saturated rings. The summed E-state index contributed by atoms with van der Waals surface area (Å²) >= 11 is 0. The molecule has 1 saturated heterocycles. The molecule has 0 bridgehead atoms. The predicted molar refractivity (Wildman–Crippen MR) is 107 cm³/mol. The topological polar surface area (TPSA) is 32.3 Å². The number of amides is 1. The molecular formula is C23H30N2O. The van der Waals surface area contributed by atoms with E-state index in [4.69, 9.17) is 0 Å². The first-order valence-electron chi connectivity index (χ1n) is 9.81. The molecule has 26 heavy (non-hydrogen) atoms. The normalized spacial score (nSPS) is 15.0. The number of nitrogens with one attached hydrogen (secondary N) is 1. The molecular weight excluding hydrogens is 320 g/mol. The van der Waals surface area contributed by atoms with Gasteiger partial charge in [0.15, 0.2) is 0 Å². The zero-order valence-corrected chi connectivity index (χ0v) is 15.8. The van der Waals surface area contributed by atoms with Gasteiger partial charge in [0.2, 0.25) is 5.91 Å². The van der Waals surface area contributed by atoms with Crippen LogP contribution in [0.2, 0.25) is 0 Å². The van der Waals surface area contributed by atoms with Crippen LogP contribution in [0.5, 0.6) is 0 Å². The maximum Gasteiger partial charge on any atom is 0.220 e. The smallest absolute Gasteiger partial charge is 0.220 e. The molecule has 1 amide bonds. The highest BCUT2D eigenvalue weighted by atomic mass is 16.1. The van der Waals surface area contributed by atoms with Crippen molar-refractivity contribution < 1.29 is 4.79 Å². The number of carbonyl (C=O) groups is 1. The average Bonchev–Trinajstić information content (AvgIpc) is 2.68. The van der Waals surface area contributed by atoms with Gasteiger partial charge in [-0.3, -0.25) is 9.69 Å². The summed E-state index contributed by atoms with van der Waals surface area (Å²) in [5.74, 6) is 0.114. The maximum atomic E-state index is 12.1. The Bertz CT molecular complexity index is 685. The number of rotatable bonds is 7. The lowest BCUT2D eigenvalue weighted by molar-refractivity contribution is -0.121. The molecule has 3 rings (SSSR count). The van der Waals surface area contributed by atoms with E-state index in [2.05, 4.69) is 65.7 Å². The molecule has 0 aliphatic carbocycles. The van der Waals surface area contributed by atoms with Crippen LogP contribution in [-0.2, 0) is 24.3 Å². The summed E-state index contributed by atoms with van der Waals surface area (Å²) in [5.41, 5.74) is 4.99. The number of aryl methyl sites for hydroxylation is 2. The third kappa shape index (κ3) is 5.99. The van der Waals surface area contributed by atoms with Gasteiger partial charge in [0.05, 0.1) is 0 Å². The van der Waals surface area contributed by atoms with Crippen LogP contribution < -0.4 is 5.32 Å². The van der Waals surface area contributed by atoms with E-state index in [0.29, 0.717) is 13.0 Å². The predicted octanol–water partition coefficient (Wildman–Crippen LogP) is 4.23. The van der Waals surface area contributed by atoms with Crippen molar-refractivity contribution in [2.24, 2.45) is 0 Å². The Morgan fingerprint density at radius 1 is 0.885 bits per heavy atom. The Kier molecular flexibility index (Phi) is 6.84. The Balaban J connectivity index is 1.39. The van der Waals surface area contributed by atoms with E-state index in [0.717, 1.165) is 18.5 Å². The van der Waals surface area contributed by atoms with Gasteiger partial charge < -0.3 is 5.32 Å². The van der Waals surface area contributed by atoms with Crippen molar-refractivity contribution >= 4 is 5.91 Å². The van der Waals surface area contributed by atoms with Crippen molar-refractivity contribution in [2.45, 2.75) is 52.1 Å². The summed E-state index contributed by atoms with van der Waals surface area (Å²) in [6, 6.07) is 17.1. The molecule has 138 valence electrons. The quantitative estimate of drug-likeness (QED) is 0.810. The Morgan fingerprint density at radius 2 is 1.50 bits per heavy atom. The molecule has 0 unspecified atom stereocenters. The number of nitrogens with zero attached hydrogens (tertiary/aromatic N) is 1. The molecule has 0 saturated carbocycles. The molecule has 1 heterocycles. The first-order chi connectivity index (χ1) is 12.7. The van der Waals surface area contributed by atoms with Gasteiger partial charge in [-0.15, -0.1) is 0 Å². The molecule has 2 aromatic carbocycles. The second kappa shape index (κ2) is 9.54. The zero-order chi connectivity index (χ0) is 18.2. The SMILES string of the molecule is Cc1ccc(CCC(=O)NCc2ccc(CN3CCCCC3)cc2)cc1. The van der Waals surface area contributed by atoms with Crippen LogP contribution in [0.25, 0.3) is 0 Å². The third-order valence-corrected chi connectivity index (χ3v) is 5.13. The van der Waals surface area contributed by atoms with Crippen molar-refractivity contribution in [3.05, 3.63) is 70.8 Å². The molecule has 1 aliphatic rings. The lowest BCUT2D eigenvalue weighted by Crippen LogP contribution is -2.29. The van der Waals surface area contributed by atoms with Crippen LogP contribution in [0.1, 0.15) is 47.9 Å². The van der Waals surface area contributed by atoms with Gasteiger partial charge in [-0.1, -0.05) is 60.5 Å². The van der Waals surface area contributed by atoms with Crippen LogP contribution in [0.15, 0.2) is 48.5 Å². The Labute approximate surface area is 157 Å². The van der Waals surface area contributed by atoms with Gasteiger partial charge in [-0.05, 0) is 56.0 Å². The fourth-order valence-electron chi connectivity index (χ4n) is 3.44. The standard InChI is InChI=1S/C23H30N2O/c1-19-5-7-20(8-6-19)13-14-23(26)24-17-21-9-11-22(12-10-21)18-25-15-3-2-4-16-25/h5-12H,2-4,13-18H2,1H3,(H,24,26). The minimum absolute atomic E-state index is 0.114.